The van der Waals surface area contributed by atoms with E-state index in [0.717, 1.165) is 12.2 Å². The first kappa shape index (κ1) is 12.2. The number of rotatable bonds is 4. The molecule has 0 bridgehead atoms. The minimum atomic E-state index is 0.186. The Kier molecular flexibility index (Phi) is 3.84. The zero-order chi connectivity index (χ0) is 12.3. The average Bonchev–Trinajstić information content (AvgIpc) is 2.81. The summed E-state index contributed by atoms with van der Waals surface area (Å²) in [5.41, 5.74) is 1.27. The Labute approximate surface area is 106 Å². The normalized spacial score (nSPS) is 12.6. The van der Waals surface area contributed by atoms with Crippen molar-refractivity contribution in [3.63, 3.8) is 0 Å². The highest BCUT2D eigenvalue weighted by atomic mass is 32.2. The molecule has 17 heavy (non-hydrogen) atoms. The Balaban J connectivity index is 2.05. The number of benzene rings is 1. The molecule has 0 saturated carbocycles. The van der Waals surface area contributed by atoms with Gasteiger partial charge in [-0.05, 0) is 26.0 Å². The molecule has 0 amide bonds. The predicted octanol–water partition coefficient (Wildman–Crippen LogP) is 3.79. The largest absolute Gasteiger partial charge is 0.338 e. The lowest BCUT2D eigenvalue weighted by Gasteiger charge is -2.06. The van der Waals surface area contributed by atoms with Gasteiger partial charge in [-0.15, -0.1) is 11.8 Å². The van der Waals surface area contributed by atoms with E-state index in [4.69, 9.17) is 4.52 Å². The first-order chi connectivity index (χ1) is 8.19. The summed E-state index contributed by atoms with van der Waals surface area (Å²) < 4.78 is 5.23. The molecule has 0 fully saturated rings. The van der Waals surface area contributed by atoms with E-state index < -0.39 is 0 Å². The maximum absolute atomic E-state index is 5.23. The number of aromatic nitrogens is 2. The molecule has 1 atom stereocenters. The summed E-state index contributed by atoms with van der Waals surface area (Å²) in [7, 11) is 0. The lowest BCUT2D eigenvalue weighted by Crippen LogP contribution is -1.90. The molecule has 90 valence electrons. The molecule has 0 saturated heterocycles. The van der Waals surface area contributed by atoms with Crippen molar-refractivity contribution in [1.82, 2.24) is 10.1 Å². The van der Waals surface area contributed by atoms with Crippen LogP contribution in [0.15, 0.2) is 33.7 Å². The van der Waals surface area contributed by atoms with Crippen LogP contribution >= 0.6 is 11.8 Å². The van der Waals surface area contributed by atoms with Crippen LogP contribution in [-0.2, 0) is 6.42 Å². The summed E-state index contributed by atoms with van der Waals surface area (Å²) in [6.45, 7) is 6.19. The quantitative estimate of drug-likeness (QED) is 0.772. The van der Waals surface area contributed by atoms with E-state index in [1.54, 1.807) is 11.8 Å². The van der Waals surface area contributed by atoms with Crippen LogP contribution in [0.3, 0.4) is 0 Å². The van der Waals surface area contributed by atoms with E-state index in [0.29, 0.717) is 5.89 Å². The van der Waals surface area contributed by atoms with Crippen molar-refractivity contribution in [2.75, 3.05) is 0 Å². The van der Waals surface area contributed by atoms with Crippen molar-refractivity contribution >= 4 is 11.8 Å². The zero-order valence-corrected chi connectivity index (χ0v) is 11.1. The fourth-order valence-corrected chi connectivity index (χ4v) is 2.35. The molecule has 0 spiro atoms. The third-order valence-electron chi connectivity index (χ3n) is 2.48. The van der Waals surface area contributed by atoms with Crippen LogP contribution < -0.4 is 0 Å². The second-order valence-corrected chi connectivity index (χ2v) is 5.39. The molecule has 1 aromatic carbocycles. The highest BCUT2D eigenvalue weighted by Crippen LogP contribution is 2.33. The first-order valence-electron chi connectivity index (χ1n) is 5.75. The maximum Gasteiger partial charge on any atom is 0.239 e. The molecule has 1 heterocycles. The molecular formula is C13H16N2OS. The fourth-order valence-electron chi connectivity index (χ4n) is 1.45. The number of hydrogen-bond acceptors (Lipinski definition) is 4. The second kappa shape index (κ2) is 5.36. The van der Waals surface area contributed by atoms with Gasteiger partial charge in [0.15, 0.2) is 5.82 Å². The van der Waals surface area contributed by atoms with E-state index in [-0.39, 0.29) is 5.25 Å². The summed E-state index contributed by atoms with van der Waals surface area (Å²) in [6.07, 6.45) is 0.811. The van der Waals surface area contributed by atoms with Crippen molar-refractivity contribution in [3.05, 3.63) is 41.5 Å². The Morgan fingerprint density at radius 1 is 1.29 bits per heavy atom. The summed E-state index contributed by atoms with van der Waals surface area (Å²) in [6, 6.07) is 8.46. The fraction of sp³-hybridized carbons (Fsp3) is 0.385. The van der Waals surface area contributed by atoms with Gasteiger partial charge in [0.25, 0.3) is 0 Å². The Bertz CT molecular complexity index is 478. The lowest BCUT2D eigenvalue weighted by molar-refractivity contribution is 0.375. The summed E-state index contributed by atoms with van der Waals surface area (Å²) >= 11 is 1.73. The van der Waals surface area contributed by atoms with Gasteiger partial charge in [-0.1, -0.05) is 29.8 Å². The smallest absolute Gasteiger partial charge is 0.239 e. The van der Waals surface area contributed by atoms with Gasteiger partial charge in [0.2, 0.25) is 5.89 Å². The first-order valence-corrected chi connectivity index (χ1v) is 6.63. The van der Waals surface area contributed by atoms with E-state index in [1.807, 2.05) is 6.92 Å². The van der Waals surface area contributed by atoms with Gasteiger partial charge in [-0.25, -0.2) is 0 Å². The van der Waals surface area contributed by atoms with E-state index >= 15 is 0 Å². The van der Waals surface area contributed by atoms with Crippen LogP contribution in [-0.4, -0.2) is 10.1 Å². The van der Waals surface area contributed by atoms with Crippen molar-refractivity contribution in [1.29, 1.82) is 0 Å². The van der Waals surface area contributed by atoms with Crippen molar-refractivity contribution in [2.45, 2.75) is 37.3 Å². The molecule has 3 nitrogen and oxygen atoms in total. The summed E-state index contributed by atoms with van der Waals surface area (Å²) in [5, 5.41) is 4.10. The third kappa shape index (κ3) is 3.09. The molecule has 1 unspecified atom stereocenters. The highest BCUT2D eigenvalue weighted by Gasteiger charge is 2.14. The average molecular weight is 248 g/mol. The van der Waals surface area contributed by atoms with Gasteiger partial charge in [-0.3, -0.25) is 0 Å². The van der Waals surface area contributed by atoms with Gasteiger partial charge < -0.3 is 4.52 Å². The van der Waals surface area contributed by atoms with Gasteiger partial charge in [0.05, 0.1) is 5.25 Å². The summed E-state index contributed by atoms with van der Waals surface area (Å²) in [4.78, 5) is 5.57. The van der Waals surface area contributed by atoms with Crippen LogP contribution in [0.25, 0.3) is 0 Å². The minimum absolute atomic E-state index is 0.186. The topological polar surface area (TPSA) is 38.9 Å². The third-order valence-corrected chi connectivity index (χ3v) is 3.58. The number of hydrogen-bond donors (Lipinski definition) is 0. The van der Waals surface area contributed by atoms with Crippen LogP contribution in [0.4, 0.5) is 0 Å². The molecule has 0 radical (unpaired) electrons. The molecule has 1 aromatic heterocycles. The Morgan fingerprint density at radius 2 is 2.00 bits per heavy atom. The minimum Gasteiger partial charge on any atom is -0.338 e. The Morgan fingerprint density at radius 3 is 2.59 bits per heavy atom. The highest BCUT2D eigenvalue weighted by molar-refractivity contribution is 7.99. The predicted molar refractivity (Wildman–Crippen MR) is 69.1 cm³/mol. The molecular weight excluding hydrogens is 232 g/mol. The van der Waals surface area contributed by atoms with Gasteiger partial charge >= 0.3 is 0 Å². The Hall–Kier alpha value is -1.29. The molecule has 0 aliphatic rings. The molecule has 0 aliphatic heterocycles. The van der Waals surface area contributed by atoms with Crippen LogP contribution in [0.5, 0.6) is 0 Å². The maximum atomic E-state index is 5.23. The van der Waals surface area contributed by atoms with Crippen LogP contribution in [0.1, 0.15) is 36.4 Å². The van der Waals surface area contributed by atoms with Gasteiger partial charge in [0.1, 0.15) is 0 Å². The molecule has 0 aliphatic carbocycles. The van der Waals surface area contributed by atoms with E-state index in [1.165, 1.54) is 10.5 Å². The van der Waals surface area contributed by atoms with Crippen molar-refractivity contribution < 1.29 is 4.52 Å². The van der Waals surface area contributed by atoms with Gasteiger partial charge in [0, 0.05) is 11.3 Å². The standard InChI is InChI=1S/C13H16N2OS/c1-4-12-14-13(16-15-12)10(3)17-11-7-5-9(2)6-8-11/h5-8,10H,4H2,1-3H3. The second-order valence-electron chi connectivity index (χ2n) is 3.98. The van der Waals surface area contributed by atoms with Crippen molar-refractivity contribution in [2.24, 2.45) is 0 Å². The number of aryl methyl sites for hydroxylation is 2. The monoisotopic (exact) mass is 248 g/mol. The van der Waals surface area contributed by atoms with Crippen LogP contribution in [0, 0.1) is 6.92 Å². The van der Waals surface area contributed by atoms with Crippen LogP contribution in [0.2, 0.25) is 0 Å². The SMILES string of the molecule is CCc1noc(C(C)Sc2ccc(C)cc2)n1. The number of thioether (sulfide) groups is 1. The molecule has 2 aromatic rings. The zero-order valence-electron chi connectivity index (χ0n) is 10.3. The van der Waals surface area contributed by atoms with E-state index in [9.17, 15) is 0 Å². The van der Waals surface area contributed by atoms with E-state index in [2.05, 4.69) is 48.3 Å². The molecule has 0 N–H and O–H groups in total. The molecule has 4 heteroatoms. The van der Waals surface area contributed by atoms with Crippen molar-refractivity contribution in [3.8, 4) is 0 Å². The van der Waals surface area contributed by atoms with Gasteiger partial charge in [-0.2, -0.15) is 4.98 Å². The number of nitrogens with zero attached hydrogens (tertiary/aromatic N) is 2. The lowest BCUT2D eigenvalue weighted by atomic mass is 10.2. The summed E-state index contributed by atoms with van der Waals surface area (Å²) in [5.74, 6) is 1.48. The molecule has 2 rings (SSSR count).